The predicted molar refractivity (Wildman–Crippen MR) is 62.4 cm³/mol. The zero-order chi connectivity index (χ0) is 12.3. The minimum atomic E-state index is 0.613. The van der Waals surface area contributed by atoms with Crippen molar-refractivity contribution >= 4 is 0 Å². The van der Waals surface area contributed by atoms with Crippen molar-refractivity contribution in [2.45, 2.75) is 26.8 Å². The van der Waals surface area contributed by atoms with Gasteiger partial charge in [0.1, 0.15) is 0 Å². The molecule has 0 saturated carbocycles. The van der Waals surface area contributed by atoms with Crippen molar-refractivity contribution in [3.8, 4) is 0 Å². The van der Waals surface area contributed by atoms with E-state index in [1.165, 1.54) is 5.69 Å². The third kappa shape index (κ3) is 3.13. The van der Waals surface area contributed by atoms with Crippen LogP contribution in [0.2, 0.25) is 0 Å². The molecule has 0 aliphatic heterocycles. The molecule has 0 aromatic carbocycles. The Hall–Kier alpha value is -1.69. The lowest BCUT2D eigenvalue weighted by atomic mass is 10.3. The molecule has 1 N–H and O–H groups in total. The molecule has 0 fully saturated rings. The quantitative estimate of drug-likeness (QED) is 0.775. The van der Waals surface area contributed by atoms with Crippen molar-refractivity contribution in [3.05, 3.63) is 29.2 Å². The fraction of sp³-hybridized carbons (Fsp3) is 0.545. The summed E-state index contributed by atoms with van der Waals surface area (Å²) in [5.74, 6) is 1.36. The number of nitrogens with zero attached hydrogens (tertiary/aromatic N) is 4. The van der Waals surface area contributed by atoms with E-state index >= 15 is 0 Å². The van der Waals surface area contributed by atoms with Gasteiger partial charge in [0.05, 0.1) is 11.4 Å². The normalized spacial score (nSPS) is 11.0. The second-order valence-corrected chi connectivity index (χ2v) is 4.06. The largest absolute Gasteiger partial charge is 0.340 e. The smallest absolute Gasteiger partial charge is 0.223 e. The van der Waals surface area contributed by atoms with E-state index in [0.29, 0.717) is 5.89 Å². The summed E-state index contributed by atoms with van der Waals surface area (Å²) in [4.78, 5) is 4.14. The molecule has 0 amide bonds. The predicted octanol–water partition coefficient (Wildman–Crippen LogP) is 0.752. The molecule has 2 rings (SSSR count). The average Bonchev–Trinajstić information content (AvgIpc) is 2.81. The summed E-state index contributed by atoms with van der Waals surface area (Å²) >= 11 is 0. The highest BCUT2D eigenvalue weighted by atomic mass is 16.5. The van der Waals surface area contributed by atoms with E-state index in [-0.39, 0.29) is 0 Å². The van der Waals surface area contributed by atoms with Crippen LogP contribution in [0.15, 0.2) is 10.6 Å². The number of hydrogen-bond acceptors (Lipinski definition) is 5. The van der Waals surface area contributed by atoms with Crippen LogP contribution in [0.25, 0.3) is 0 Å². The van der Waals surface area contributed by atoms with Crippen LogP contribution in [0.4, 0.5) is 0 Å². The second-order valence-electron chi connectivity index (χ2n) is 4.06. The Labute approximate surface area is 100 Å². The highest BCUT2D eigenvalue weighted by molar-refractivity contribution is 5.08. The lowest BCUT2D eigenvalue weighted by molar-refractivity contribution is 0.387. The molecule has 6 heteroatoms. The standard InChI is InChI=1S/C11H17N5O/c1-8-6-10(16(3)14-8)7-12-5-4-11-13-9(2)17-15-11/h6,12H,4-5,7H2,1-3H3. The summed E-state index contributed by atoms with van der Waals surface area (Å²) in [6.07, 6.45) is 0.772. The minimum Gasteiger partial charge on any atom is -0.340 e. The Morgan fingerprint density at radius 2 is 2.24 bits per heavy atom. The molecule has 0 unspecified atom stereocenters. The van der Waals surface area contributed by atoms with Crippen molar-refractivity contribution in [1.29, 1.82) is 0 Å². The van der Waals surface area contributed by atoms with E-state index < -0.39 is 0 Å². The Kier molecular flexibility index (Phi) is 3.53. The van der Waals surface area contributed by atoms with Gasteiger partial charge in [-0.1, -0.05) is 5.16 Å². The molecular weight excluding hydrogens is 218 g/mol. The van der Waals surface area contributed by atoms with E-state index in [1.807, 2.05) is 18.7 Å². The van der Waals surface area contributed by atoms with Gasteiger partial charge in [-0.3, -0.25) is 4.68 Å². The highest BCUT2D eigenvalue weighted by Gasteiger charge is 2.03. The van der Waals surface area contributed by atoms with Crippen LogP contribution in [0.3, 0.4) is 0 Å². The SMILES string of the molecule is Cc1cc(CNCCc2noc(C)n2)n(C)n1. The van der Waals surface area contributed by atoms with Gasteiger partial charge >= 0.3 is 0 Å². The van der Waals surface area contributed by atoms with Crippen LogP contribution in [0.1, 0.15) is 23.1 Å². The topological polar surface area (TPSA) is 68.8 Å². The molecule has 0 aliphatic rings. The minimum absolute atomic E-state index is 0.613. The molecular formula is C11H17N5O. The fourth-order valence-electron chi connectivity index (χ4n) is 1.69. The molecule has 92 valence electrons. The van der Waals surface area contributed by atoms with Gasteiger partial charge in [-0.25, -0.2) is 0 Å². The van der Waals surface area contributed by atoms with Gasteiger partial charge in [0.2, 0.25) is 5.89 Å². The van der Waals surface area contributed by atoms with Gasteiger partial charge in [-0.15, -0.1) is 0 Å². The van der Waals surface area contributed by atoms with Crippen LogP contribution >= 0.6 is 0 Å². The number of nitrogens with one attached hydrogen (secondary N) is 1. The van der Waals surface area contributed by atoms with Crippen LogP contribution in [-0.4, -0.2) is 26.5 Å². The van der Waals surface area contributed by atoms with Crippen LogP contribution < -0.4 is 5.32 Å². The first-order chi connectivity index (χ1) is 8.15. The molecule has 2 aromatic rings. The summed E-state index contributed by atoms with van der Waals surface area (Å²) in [7, 11) is 1.95. The molecule has 0 bridgehead atoms. The van der Waals surface area contributed by atoms with E-state index in [2.05, 4.69) is 26.6 Å². The average molecular weight is 235 g/mol. The molecule has 17 heavy (non-hydrogen) atoms. The molecule has 0 radical (unpaired) electrons. The third-order valence-corrected chi connectivity index (χ3v) is 2.50. The first-order valence-electron chi connectivity index (χ1n) is 5.64. The van der Waals surface area contributed by atoms with Gasteiger partial charge in [-0.05, 0) is 13.0 Å². The molecule has 2 aromatic heterocycles. The van der Waals surface area contributed by atoms with E-state index in [0.717, 1.165) is 31.0 Å². The Morgan fingerprint density at radius 3 is 2.82 bits per heavy atom. The lowest BCUT2D eigenvalue weighted by Crippen LogP contribution is -2.19. The number of aromatic nitrogens is 4. The zero-order valence-electron chi connectivity index (χ0n) is 10.4. The summed E-state index contributed by atoms with van der Waals surface area (Å²) in [5, 5.41) is 11.5. The lowest BCUT2D eigenvalue weighted by Gasteiger charge is -2.02. The van der Waals surface area contributed by atoms with Crippen molar-refractivity contribution in [2.75, 3.05) is 6.54 Å². The number of hydrogen-bond donors (Lipinski definition) is 1. The van der Waals surface area contributed by atoms with E-state index in [9.17, 15) is 0 Å². The van der Waals surface area contributed by atoms with Gasteiger partial charge in [0.15, 0.2) is 5.82 Å². The third-order valence-electron chi connectivity index (χ3n) is 2.50. The van der Waals surface area contributed by atoms with Gasteiger partial charge in [0.25, 0.3) is 0 Å². The Morgan fingerprint density at radius 1 is 1.41 bits per heavy atom. The van der Waals surface area contributed by atoms with Crippen molar-refractivity contribution in [2.24, 2.45) is 7.05 Å². The van der Waals surface area contributed by atoms with E-state index in [4.69, 9.17) is 4.52 Å². The fourth-order valence-corrected chi connectivity index (χ4v) is 1.69. The molecule has 6 nitrogen and oxygen atoms in total. The number of rotatable bonds is 5. The van der Waals surface area contributed by atoms with Gasteiger partial charge in [0, 0.05) is 33.5 Å². The first-order valence-corrected chi connectivity index (χ1v) is 5.64. The van der Waals surface area contributed by atoms with Crippen molar-refractivity contribution in [3.63, 3.8) is 0 Å². The molecule has 0 atom stereocenters. The zero-order valence-corrected chi connectivity index (χ0v) is 10.4. The number of aryl methyl sites for hydroxylation is 3. The molecule has 0 aliphatic carbocycles. The van der Waals surface area contributed by atoms with Crippen LogP contribution in [-0.2, 0) is 20.0 Å². The highest BCUT2D eigenvalue weighted by Crippen LogP contribution is 2.01. The van der Waals surface area contributed by atoms with Gasteiger partial charge in [-0.2, -0.15) is 10.1 Å². The maximum absolute atomic E-state index is 4.90. The van der Waals surface area contributed by atoms with Gasteiger partial charge < -0.3 is 9.84 Å². The van der Waals surface area contributed by atoms with Crippen LogP contribution in [0.5, 0.6) is 0 Å². The monoisotopic (exact) mass is 235 g/mol. The van der Waals surface area contributed by atoms with E-state index in [1.54, 1.807) is 6.92 Å². The van der Waals surface area contributed by atoms with Crippen molar-refractivity contribution in [1.82, 2.24) is 25.2 Å². The maximum atomic E-state index is 4.90. The molecule has 0 spiro atoms. The molecule has 2 heterocycles. The first kappa shape index (κ1) is 11.8. The Bertz CT molecular complexity index is 488. The second kappa shape index (κ2) is 5.09. The summed E-state index contributed by atoms with van der Waals surface area (Å²) < 4.78 is 6.79. The Balaban J connectivity index is 1.75. The van der Waals surface area contributed by atoms with Crippen molar-refractivity contribution < 1.29 is 4.52 Å². The summed E-state index contributed by atoms with van der Waals surface area (Å²) in [5.41, 5.74) is 2.21. The maximum Gasteiger partial charge on any atom is 0.223 e. The summed E-state index contributed by atoms with van der Waals surface area (Å²) in [6.45, 7) is 5.41. The molecule has 0 saturated heterocycles. The van der Waals surface area contributed by atoms with Crippen LogP contribution in [0, 0.1) is 13.8 Å². The summed E-state index contributed by atoms with van der Waals surface area (Å²) in [6, 6.07) is 2.07.